The van der Waals surface area contributed by atoms with Crippen LogP contribution in [0, 0.1) is 6.92 Å². The van der Waals surface area contributed by atoms with E-state index in [0.717, 1.165) is 17.5 Å². The number of hydrogen-bond acceptors (Lipinski definition) is 2. The van der Waals surface area contributed by atoms with Crippen molar-refractivity contribution in [3.8, 4) is 0 Å². The largest absolute Gasteiger partial charge is 0.393 e. The standard InChI is InChI=1S/C12H16N2OS/c1-9-5-2-3-6-10(9)12(15)14-8-4-7-11(13)16/h2-3,5-6H,4,7-8H2,1H3,(H2,13,16)(H,14,15). The van der Waals surface area contributed by atoms with E-state index in [9.17, 15) is 4.79 Å². The van der Waals surface area contributed by atoms with E-state index in [1.807, 2.05) is 31.2 Å². The molecule has 16 heavy (non-hydrogen) atoms. The van der Waals surface area contributed by atoms with Crippen molar-refractivity contribution in [1.29, 1.82) is 0 Å². The maximum Gasteiger partial charge on any atom is 0.251 e. The molecule has 86 valence electrons. The second-order valence-corrected chi connectivity index (χ2v) is 4.17. The average Bonchev–Trinajstić information content (AvgIpc) is 2.24. The lowest BCUT2D eigenvalue weighted by molar-refractivity contribution is 0.0953. The summed E-state index contributed by atoms with van der Waals surface area (Å²) in [5.41, 5.74) is 7.06. The summed E-state index contributed by atoms with van der Waals surface area (Å²) in [5, 5.41) is 2.84. The van der Waals surface area contributed by atoms with E-state index in [2.05, 4.69) is 5.32 Å². The van der Waals surface area contributed by atoms with Gasteiger partial charge in [0.15, 0.2) is 0 Å². The molecule has 0 spiro atoms. The third kappa shape index (κ3) is 3.98. The highest BCUT2D eigenvalue weighted by Gasteiger charge is 2.06. The van der Waals surface area contributed by atoms with Crippen molar-refractivity contribution in [2.75, 3.05) is 6.54 Å². The van der Waals surface area contributed by atoms with Crippen molar-refractivity contribution in [2.45, 2.75) is 19.8 Å². The Morgan fingerprint density at radius 3 is 2.75 bits per heavy atom. The minimum atomic E-state index is -0.0407. The fraction of sp³-hybridized carbons (Fsp3) is 0.333. The first-order chi connectivity index (χ1) is 7.61. The van der Waals surface area contributed by atoms with Crippen LogP contribution in [0.25, 0.3) is 0 Å². The van der Waals surface area contributed by atoms with Gasteiger partial charge in [-0.1, -0.05) is 30.4 Å². The number of carbonyl (C=O) groups excluding carboxylic acids is 1. The quantitative estimate of drug-likeness (QED) is 0.605. The summed E-state index contributed by atoms with van der Waals surface area (Å²) in [7, 11) is 0. The Balaban J connectivity index is 2.41. The maximum absolute atomic E-state index is 11.7. The number of thiocarbonyl (C=S) groups is 1. The van der Waals surface area contributed by atoms with Crippen molar-refractivity contribution < 1.29 is 4.79 Å². The molecular formula is C12H16N2OS. The SMILES string of the molecule is Cc1ccccc1C(=O)NCCCC(N)=S. The molecule has 0 saturated heterocycles. The van der Waals surface area contributed by atoms with Gasteiger partial charge in [-0.15, -0.1) is 0 Å². The lowest BCUT2D eigenvalue weighted by Crippen LogP contribution is -2.25. The molecule has 0 fully saturated rings. The lowest BCUT2D eigenvalue weighted by Gasteiger charge is -2.06. The summed E-state index contributed by atoms with van der Waals surface area (Å²) in [6.07, 6.45) is 1.45. The molecule has 0 aliphatic carbocycles. The first-order valence-electron chi connectivity index (χ1n) is 5.23. The average molecular weight is 236 g/mol. The van der Waals surface area contributed by atoms with Crippen LogP contribution in [0.15, 0.2) is 24.3 Å². The Bertz CT molecular complexity index is 390. The molecule has 3 N–H and O–H groups in total. The third-order valence-corrected chi connectivity index (χ3v) is 2.48. The summed E-state index contributed by atoms with van der Waals surface area (Å²) >= 11 is 4.75. The van der Waals surface area contributed by atoms with Crippen molar-refractivity contribution in [2.24, 2.45) is 5.73 Å². The molecule has 0 unspecified atom stereocenters. The molecule has 0 aromatic heterocycles. The second-order valence-electron chi connectivity index (χ2n) is 3.64. The van der Waals surface area contributed by atoms with E-state index >= 15 is 0 Å². The highest BCUT2D eigenvalue weighted by molar-refractivity contribution is 7.80. The summed E-state index contributed by atoms with van der Waals surface area (Å²) in [6.45, 7) is 2.52. The van der Waals surface area contributed by atoms with Crippen LogP contribution < -0.4 is 11.1 Å². The minimum Gasteiger partial charge on any atom is -0.393 e. The molecule has 1 amide bonds. The number of benzene rings is 1. The third-order valence-electron chi connectivity index (χ3n) is 2.28. The van der Waals surface area contributed by atoms with Crippen LogP contribution in [0.3, 0.4) is 0 Å². The Morgan fingerprint density at radius 1 is 1.44 bits per heavy atom. The van der Waals surface area contributed by atoms with Crippen LogP contribution in [-0.2, 0) is 0 Å². The molecule has 4 heteroatoms. The van der Waals surface area contributed by atoms with E-state index in [0.29, 0.717) is 18.0 Å². The zero-order valence-electron chi connectivity index (χ0n) is 9.32. The Hall–Kier alpha value is -1.42. The maximum atomic E-state index is 11.7. The van der Waals surface area contributed by atoms with Gasteiger partial charge in [-0.25, -0.2) is 0 Å². The summed E-state index contributed by atoms with van der Waals surface area (Å²) in [4.78, 5) is 12.2. The van der Waals surface area contributed by atoms with E-state index in [4.69, 9.17) is 18.0 Å². The predicted molar refractivity (Wildman–Crippen MR) is 69.5 cm³/mol. The topological polar surface area (TPSA) is 55.1 Å². The molecule has 0 atom stereocenters. The van der Waals surface area contributed by atoms with Crippen molar-refractivity contribution >= 4 is 23.1 Å². The smallest absolute Gasteiger partial charge is 0.251 e. The molecule has 1 aromatic carbocycles. The second kappa shape index (κ2) is 6.23. The van der Waals surface area contributed by atoms with E-state index in [-0.39, 0.29) is 5.91 Å². The number of nitrogens with one attached hydrogen (secondary N) is 1. The van der Waals surface area contributed by atoms with Gasteiger partial charge in [-0.05, 0) is 31.4 Å². The zero-order valence-corrected chi connectivity index (χ0v) is 10.1. The lowest BCUT2D eigenvalue weighted by atomic mass is 10.1. The van der Waals surface area contributed by atoms with E-state index in [1.54, 1.807) is 0 Å². The molecule has 3 nitrogen and oxygen atoms in total. The molecule has 0 heterocycles. The zero-order chi connectivity index (χ0) is 12.0. The molecule has 0 bridgehead atoms. The summed E-state index contributed by atoms with van der Waals surface area (Å²) in [6, 6.07) is 7.51. The van der Waals surface area contributed by atoms with Crippen molar-refractivity contribution in [3.05, 3.63) is 35.4 Å². The van der Waals surface area contributed by atoms with Gasteiger partial charge in [0.1, 0.15) is 0 Å². The van der Waals surface area contributed by atoms with E-state index < -0.39 is 0 Å². The number of amides is 1. The van der Waals surface area contributed by atoms with Crippen LogP contribution >= 0.6 is 12.2 Å². The fourth-order valence-electron chi connectivity index (χ4n) is 1.39. The normalized spacial score (nSPS) is 9.81. The van der Waals surface area contributed by atoms with Gasteiger partial charge < -0.3 is 11.1 Å². The van der Waals surface area contributed by atoms with Crippen LogP contribution in [0.2, 0.25) is 0 Å². The highest BCUT2D eigenvalue weighted by Crippen LogP contribution is 2.06. The predicted octanol–water partition coefficient (Wildman–Crippen LogP) is 1.79. The summed E-state index contributed by atoms with van der Waals surface area (Å²) in [5.74, 6) is -0.0407. The van der Waals surface area contributed by atoms with Crippen LogP contribution in [0.1, 0.15) is 28.8 Å². The number of hydrogen-bond donors (Lipinski definition) is 2. The molecule has 0 radical (unpaired) electrons. The van der Waals surface area contributed by atoms with Gasteiger partial charge >= 0.3 is 0 Å². The Morgan fingerprint density at radius 2 is 2.12 bits per heavy atom. The molecule has 0 aliphatic heterocycles. The van der Waals surface area contributed by atoms with Gasteiger partial charge in [0.2, 0.25) is 0 Å². The Kier molecular flexibility index (Phi) is 4.92. The highest BCUT2D eigenvalue weighted by atomic mass is 32.1. The van der Waals surface area contributed by atoms with Crippen molar-refractivity contribution in [1.82, 2.24) is 5.32 Å². The van der Waals surface area contributed by atoms with Crippen LogP contribution in [0.4, 0.5) is 0 Å². The first-order valence-corrected chi connectivity index (χ1v) is 5.64. The summed E-state index contributed by atoms with van der Waals surface area (Å²) < 4.78 is 0. The molecule has 0 aliphatic rings. The monoisotopic (exact) mass is 236 g/mol. The number of aryl methyl sites for hydroxylation is 1. The van der Waals surface area contributed by atoms with Crippen LogP contribution in [0.5, 0.6) is 0 Å². The fourth-order valence-corrected chi connectivity index (χ4v) is 1.53. The number of rotatable bonds is 5. The van der Waals surface area contributed by atoms with Crippen molar-refractivity contribution in [3.63, 3.8) is 0 Å². The van der Waals surface area contributed by atoms with Gasteiger partial charge in [-0.2, -0.15) is 0 Å². The van der Waals surface area contributed by atoms with Gasteiger partial charge in [-0.3, -0.25) is 4.79 Å². The van der Waals surface area contributed by atoms with Crippen LogP contribution in [-0.4, -0.2) is 17.4 Å². The van der Waals surface area contributed by atoms with Gasteiger partial charge in [0.25, 0.3) is 5.91 Å². The number of nitrogens with two attached hydrogens (primary N) is 1. The molecule has 1 rings (SSSR count). The minimum absolute atomic E-state index is 0.0407. The van der Waals surface area contributed by atoms with E-state index in [1.165, 1.54) is 0 Å². The van der Waals surface area contributed by atoms with Gasteiger partial charge in [0, 0.05) is 12.1 Å². The molecule has 0 saturated carbocycles. The molecule has 1 aromatic rings. The number of carbonyl (C=O) groups is 1. The Labute approximate surface area is 101 Å². The van der Waals surface area contributed by atoms with Gasteiger partial charge in [0.05, 0.1) is 4.99 Å². The first kappa shape index (κ1) is 12.6. The molecular weight excluding hydrogens is 220 g/mol.